The highest BCUT2D eigenvalue weighted by atomic mass is 79.9. The largest absolute Gasteiger partial charge is 0.508 e. The maximum Gasteiger partial charge on any atom is 0.120 e. The van der Waals surface area contributed by atoms with E-state index in [1.807, 2.05) is 23.9 Å². The van der Waals surface area contributed by atoms with Gasteiger partial charge in [-0.3, -0.25) is 0 Å². The molecule has 0 spiro atoms. The van der Waals surface area contributed by atoms with Crippen LogP contribution in [-0.4, -0.2) is 23.7 Å². The predicted molar refractivity (Wildman–Crippen MR) is 93.7 cm³/mol. The zero-order valence-electron chi connectivity index (χ0n) is 12.5. The van der Waals surface area contributed by atoms with Crippen LogP contribution in [0, 0.1) is 0 Å². The van der Waals surface area contributed by atoms with Gasteiger partial charge in [-0.2, -0.15) is 11.8 Å². The number of phenols is 1. The van der Waals surface area contributed by atoms with Gasteiger partial charge in [0.25, 0.3) is 0 Å². The summed E-state index contributed by atoms with van der Waals surface area (Å²) in [6.07, 6.45) is 8.29. The predicted octanol–water partition coefficient (Wildman–Crippen LogP) is 5.12. The maximum atomic E-state index is 9.97. The maximum absolute atomic E-state index is 9.97. The van der Waals surface area contributed by atoms with Crippen LogP contribution in [0.1, 0.15) is 50.6 Å². The highest BCUT2D eigenvalue weighted by molar-refractivity contribution is 9.10. The van der Waals surface area contributed by atoms with Gasteiger partial charge in [0.1, 0.15) is 5.75 Å². The number of hydrogen-bond acceptors (Lipinski definition) is 3. The van der Waals surface area contributed by atoms with Crippen molar-refractivity contribution in [2.24, 2.45) is 0 Å². The van der Waals surface area contributed by atoms with Gasteiger partial charge in [0.15, 0.2) is 0 Å². The van der Waals surface area contributed by atoms with E-state index in [1.165, 1.54) is 31.4 Å². The Morgan fingerprint density at radius 3 is 2.70 bits per heavy atom. The normalized spacial score (nSPS) is 12.6. The van der Waals surface area contributed by atoms with E-state index in [0.29, 0.717) is 5.75 Å². The number of rotatable bonds is 10. The topological polar surface area (TPSA) is 32.3 Å². The van der Waals surface area contributed by atoms with E-state index in [1.54, 1.807) is 6.07 Å². The molecule has 0 heterocycles. The SMILES string of the molecule is CCC(NCCCCCCSC)c1cc(Br)ccc1O. The molecule has 0 aliphatic carbocycles. The first-order valence-corrected chi connectivity index (χ1v) is 9.58. The van der Waals surface area contributed by atoms with Crippen LogP contribution in [-0.2, 0) is 0 Å². The van der Waals surface area contributed by atoms with Crippen molar-refractivity contribution >= 4 is 27.7 Å². The molecule has 0 aliphatic rings. The quantitative estimate of drug-likeness (QED) is 0.568. The first kappa shape index (κ1) is 17.9. The van der Waals surface area contributed by atoms with E-state index >= 15 is 0 Å². The molecule has 2 N–H and O–H groups in total. The standard InChI is InChI=1S/C16H26BrNOS/c1-3-15(14-12-13(17)8-9-16(14)19)18-10-6-4-5-7-11-20-2/h8-9,12,15,18-19H,3-7,10-11H2,1-2H3. The van der Waals surface area contributed by atoms with Crippen molar-refractivity contribution in [1.82, 2.24) is 5.32 Å². The molecule has 114 valence electrons. The molecule has 0 fully saturated rings. The zero-order chi connectivity index (χ0) is 14.8. The lowest BCUT2D eigenvalue weighted by atomic mass is 10.0. The lowest BCUT2D eigenvalue weighted by molar-refractivity contribution is 0.437. The number of unbranched alkanes of at least 4 members (excludes halogenated alkanes) is 3. The van der Waals surface area contributed by atoms with Gasteiger partial charge >= 0.3 is 0 Å². The van der Waals surface area contributed by atoms with Crippen molar-refractivity contribution in [1.29, 1.82) is 0 Å². The first-order valence-electron chi connectivity index (χ1n) is 7.39. The molecule has 0 radical (unpaired) electrons. The first-order chi connectivity index (χ1) is 9.69. The van der Waals surface area contributed by atoms with Gasteiger partial charge in [0.2, 0.25) is 0 Å². The molecule has 0 aromatic heterocycles. The van der Waals surface area contributed by atoms with Crippen LogP contribution in [0.3, 0.4) is 0 Å². The van der Waals surface area contributed by atoms with E-state index in [9.17, 15) is 5.11 Å². The Morgan fingerprint density at radius 2 is 2.00 bits per heavy atom. The zero-order valence-corrected chi connectivity index (χ0v) is 14.9. The molecule has 1 rings (SSSR count). The van der Waals surface area contributed by atoms with Gasteiger partial charge in [-0.05, 0) is 56.0 Å². The molecule has 20 heavy (non-hydrogen) atoms. The second-order valence-electron chi connectivity index (χ2n) is 5.03. The molecule has 0 bridgehead atoms. The van der Waals surface area contributed by atoms with Gasteiger partial charge < -0.3 is 10.4 Å². The fourth-order valence-corrected chi connectivity index (χ4v) is 3.15. The van der Waals surface area contributed by atoms with Crippen molar-refractivity contribution in [3.8, 4) is 5.75 Å². The minimum atomic E-state index is 0.235. The van der Waals surface area contributed by atoms with Crippen LogP contribution in [0.2, 0.25) is 0 Å². The number of aromatic hydroxyl groups is 1. The summed E-state index contributed by atoms with van der Waals surface area (Å²) in [6, 6.07) is 5.87. The molecule has 1 unspecified atom stereocenters. The molecule has 0 aliphatic heterocycles. The van der Waals surface area contributed by atoms with Crippen LogP contribution in [0.5, 0.6) is 5.75 Å². The number of nitrogens with one attached hydrogen (secondary N) is 1. The fourth-order valence-electron chi connectivity index (χ4n) is 2.28. The van der Waals surface area contributed by atoms with Crippen molar-refractivity contribution in [2.45, 2.75) is 45.1 Å². The summed E-state index contributed by atoms with van der Waals surface area (Å²) >= 11 is 5.40. The van der Waals surface area contributed by atoms with E-state index in [-0.39, 0.29) is 6.04 Å². The smallest absolute Gasteiger partial charge is 0.120 e. The van der Waals surface area contributed by atoms with Crippen LogP contribution < -0.4 is 5.32 Å². The molecule has 2 nitrogen and oxygen atoms in total. The second-order valence-corrected chi connectivity index (χ2v) is 6.93. The molecular formula is C16H26BrNOS. The Kier molecular flexibility index (Phi) is 9.40. The molecular weight excluding hydrogens is 334 g/mol. The number of thioether (sulfide) groups is 1. The molecule has 1 aromatic rings. The monoisotopic (exact) mass is 359 g/mol. The van der Waals surface area contributed by atoms with Crippen LogP contribution >= 0.6 is 27.7 Å². The van der Waals surface area contributed by atoms with E-state index in [2.05, 4.69) is 34.4 Å². The summed E-state index contributed by atoms with van der Waals surface area (Å²) in [5.74, 6) is 1.66. The van der Waals surface area contributed by atoms with Gasteiger partial charge in [0, 0.05) is 16.1 Å². The molecule has 0 saturated carbocycles. The average Bonchev–Trinajstić information content (AvgIpc) is 2.45. The van der Waals surface area contributed by atoms with E-state index < -0.39 is 0 Å². The lowest BCUT2D eigenvalue weighted by Crippen LogP contribution is -2.22. The van der Waals surface area contributed by atoms with Gasteiger partial charge in [-0.25, -0.2) is 0 Å². The molecule has 4 heteroatoms. The van der Waals surface area contributed by atoms with E-state index in [0.717, 1.165) is 23.0 Å². The summed E-state index contributed by atoms with van der Waals surface area (Å²) in [7, 11) is 0. The third kappa shape index (κ3) is 6.51. The third-order valence-electron chi connectivity index (χ3n) is 3.44. The minimum Gasteiger partial charge on any atom is -0.508 e. The van der Waals surface area contributed by atoms with Crippen LogP contribution in [0.15, 0.2) is 22.7 Å². The van der Waals surface area contributed by atoms with Gasteiger partial charge in [-0.15, -0.1) is 0 Å². The minimum absolute atomic E-state index is 0.235. The van der Waals surface area contributed by atoms with Crippen LogP contribution in [0.4, 0.5) is 0 Å². The Balaban J connectivity index is 2.34. The number of hydrogen-bond donors (Lipinski definition) is 2. The van der Waals surface area contributed by atoms with Crippen molar-refractivity contribution in [2.75, 3.05) is 18.6 Å². The van der Waals surface area contributed by atoms with Crippen molar-refractivity contribution in [3.63, 3.8) is 0 Å². The Hall–Kier alpha value is -0.190. The molecule has 1 aromatic carbocycles. The summed E-state index contributed by atoms with van der Waals surface area (Å²) in [5.41, 5.74) is 0.990. The summed E-state index contributed by atoms with van der Waals surface area (Å²) in [6.45, 7) is 3.17. The highest BCUT2D eigenvalue weighted by Crippen LogP contribution is 2.29. The molecule has 0 amide bonds. The summed E-state index contributed by atoms with van der Waals surface area (Å²) in [4.78, 5) is 0. The van der Waals surface area contributed by atoms with Crippen molar-refractivity contribution in [3.05, 3.63) is 28.2 Å². The second kappa shape index (κ2) is 10.5. The number of benzene rings is 1. The van der Waals surface area contributed by atoms with Crippen molar-refractivity contribution < 1.29 is 5.11 Å². The third-order valence-corrected chi connectivity index (χ3v) is 4.63. The Labute approximate surface area is 135 Å². The number of phenolic OH excluding ortho intramolecular Hbond substituents is 1. The fraction of sp³-hybridized carbons (Fsp3) is 0.625. The van der Waals surface area contributed by atoms with Crippen LogP contribution in [0.25, 0.3) is 0 Å². The Bertz CT molecular complexity index is 387. The average molecular weight is 360 g/mol. The van der Waals surface area contributed by atoms with Gasteiger partial charge in [0.05, 0.1) is 0 Å². The lowest BCUT2D eigenvalue weighted by Gasteiger charge is -2.19. The van der Waals surface area contributed by atoms with E-state index in [4.69, 9.17) is 0 Å². The molecule has 1 atom stereocenters. The summed E-state index contributed by atoms with van der Waals surface area (Å²) in [5, 5.41) is 13.5. The number of halogens is 1. The highest BCUT2D eigenvalue weighted by Gasteiger charge is 2.13. The molecule has 0 saturated heterocycles. The summed E-state index contributed by atoms with van der Waals surface area (Å²) < 4.78 is 1.02. The Morgan fingerprint density at radius 1 is 1.25 bits per heavy atom. The van der Waals surface area contributed by atoms with Gasteiger partial charge in [-0.1, -0.05) is 35.7 Å².